The Bertz CT molecular complexity index is 770. The number of hydrazine groups is 1. The van der Waals surface area contributed by atoms with Crippen LogP contribution in [0, 0.1) is 11.6 Å². The summed E-state index contributed by atoms with van der Waals surface area (Å²) >= 11 is 1.61. The Morgan fingerprint density at radius 3 is 2.71 bits per heavy atom. The maximum atomic E-state index is 13.8. The molecule has 0 aliphatic carbocycles. The highest BCUT2D eigenvalue weighted by atomic mass is 32.1. The zero-order valence-electron chi connectivity index (χ0n) is 11.1. The Balaban J connectivity index is 1.97. The SMILES string of the molecule is NNC(Cc1cccc(F)c1F)c1csc2ccccc12. The molecule has 0 spiro atoms. The number of thiophene rings is 1. The molecule has 1 aromatic heterocycles. The van der Waals surface area contributed by atoms with E-state index in [4.69, 9.17) is 5.84 Å². The molecular formula is C16H14F2N2S. The van der Waals surface area contributed by atoms with Crippen molar-refractivity contribution < 1.29 is 8.78 Å². The van der Waals surface area contributed by atoms with Crippen molar-refractivity contribution in [1.82, 2.24) is 5.43 Å². The molecule has 0 bridgehead atoms. The largest absolute Gasteiger partial charge is 0.271 e. The second kappa shape index (κ2) is 5.89. The highest BCUT2D eigenvalue weighted by molar-refractivity contribution is 7.17. The Hall–Kier alpha value is -1.82. The van der Waals surface area contributed by atoms with Crippen molar-refractivity contribution in [2.45, 2.75) is 12.5 Å². The minimum Gasteiger partial charge on any atom is -0.271 e. The van der Waals surface area contributed by atoms with E-state index in [1.54, 1.807) is 17.4 Å². The summed E-state index contributed by atoms with van der Waals surface area (Å²) in [5, 5.41) is 3.09. The van der Waals surface area contributed by atoms with Crippen LogP contribution in [-0.4, -0.2) is 0 Å². The first-order valence-corrected chi connectivity index (χ1v) is 7.44. The number of halogens is 2. The molecule has 0 saturated heterocycles. The molecule has 2 nitrogen and oxygen atoms in total. The molecular weight excluding hydrogens is 290 g/mol. The lowest BCUT2D eigenvalue weighted by Gasteiger charge is -2.16. The van der Waals surface area contributed by atoms with Crippen molar-refractivity contribution in [3.63, 3.8) is 0 Å². The normalized spacial score (nSPS) is 12.7. The number of fused-ring (bicyclic) bond motifs is 1. The fraction of sp³-hybridized carbons (Fsp3) is 0.125. The summed E-state index contributed by atoms with van der Waals surface area (Å²) in [6.45, 7) is 0. The molecule has 1 unspecified atom stereocenters. The van der Waals surface area contributed by atoms with Gasteiger partial charge in [-0.3, -0.25) is 11.3 Å². The third kappa shape index (κ3) is 2.68. The van der Waals surface area contributed by atoms with Gasteiger partial charge >= 0.3 is 0 Å². The first-order valence-electron chi connectivity index (χ1n) is 6.56. The van der Waals surface area contributed by atoms with E-state index in [0.29, 0.717) is 12.0 Å². The smallest absolute Gasteiger partial charge is 0.162 e. The zero-order valence-corrected chi connectivity index (χ0v) is 12.0. The van der Waals surface area contributed by atoms with Crippen molar-refractivity contribution in [3.05, 3.63) is 70.6 Å². The molecule has 0 saturated carbocycles. The van der Waals surface area contributed by atoms with Gasteiger partial charge in [0.2, 0.25) is 0 Å². The van der Waals surface area contributed by atoms with Crippen molar-refractivity contribution in [2.75, 3.05) is 0 Å². The van der Waals surface area contributed by atoms with Crippen LogP contribution >= 0.6 is 11.3 Å². The van der Waals surface area contributed by atoms with Crippen LogP contribution in [0.5, 0.6) is 0 Å². The Morgan fingerprint density at radius 1 is 1.10 bits per heavy atom. The lowest BCUT2D eigenvalue weighted by atomic mass is 9.98. The molecule has 1 heterocycles. The predicted octanol–water partition coefficient (Wildman–Crippen LogP) is 3.93. The maximum absolute atomic E-state index is 13.8. The summed E-state index contributed by atoms with van der Waals surface area (Å²) in [6, 6.07) is 11.9. The number of nitrogens with two attached hydrogens (primary N) is 1. The molecule has 2 aromatic carbocycles. The van der Waals surface area contributed by atoms with Gasteiger partial charge in [-0.05, 0) is 40.4 Å². The molecule has 0 aliphatic heterocycles. The molecule has 0 amide bonds. The van der Waals surface area contributed by atoms with Crippen LogP contribution in [0.1, 0.15) is 17.2 Å². The highest BCUT2D eigenvalue weighted by Crippen LogP contribution is 2.32. The standard InChI is InChI=1S/C16H14F2N2S/c17-13-6-3-4-10(16(13)18)8-14(20-19)12-9-21-15-7-2-1-5-11(12)15/h1-7,9,14,20H,8,19H2. The second-order valence-electron chi connectivity index (χ2n) is 4.82. The molecule has 108 valence electrons. The van der Waals surface area contributed by atoms with Gasteiger partial charge in [0.25, 0.3) is 0 Å². The molecule has 3 rings (SSSR count). The van der Waals surface area contributed by atoms with E-state index in [1.807, 2.05) is 29.6 Å². The van der Waals surface area contributed by atoms with Gasteiger partial charge in [-0.1, -0.05) is 30.3 Å². The monoisotopic (exact) mass is 304 g/mol. The Kier molecular flexibility index (Phi) is 3.96. The van der Waals surface area contributed by atoms with Gasteiger partial charge in [0.1, 0.15) is 0 Å². The molecule has 5 heteroatoms. The molecule has 3 N–H and O–H groups in total. The Labute approximate surface area is 125 Å². The highest BCUT2D eigenvalue weighted by Gasteiger charge is 2.18. The molecule has 0 fully saturated rings. The fourth-order valence-electron chi connectivity index (χ4n) is 2.45. The van der Waals surface area contributed by atoms with Crippen molar-refractivity contribution in [3.8, 4) is 0 Å². The number of hydrogen-bond acceptors (Lipinski definition) is 3. The summed E-state index contributed by atoms with van der Waals surface area (Å²) < 4.78 is 28.3. The Morgan fingerprint density at radius 2 is 1.90 bits per heavy atom. The minimum atomic E-state index is -0.835. The van der Waals surface area contributed by atoms with E-state index in [9.17, 15) is 8.78 Å². The average molecular weight is 304 g/mol. The maximum Gasteiger partial charge on any atom is 0.162 e. The van der Waals surface area contributed by atoms with Gasteiger partial charge in [0.05, 0.1) is 6.04 Å². The molecule has 3 aromatic rings. The summed E-state index contributed by atoms with van der Waals surface area (Å²) in [7, 11) is 0. The van der Waals surface area contributed by atoms with Crippen LogP contribution in [0.4, 0.5) is 8.78 Å². The second-order valence-corrected chi connectivity index (χ2v) is 5.73. The van der Waals surface area contributed by atoms with Gasteiger partial charge in [0, 0.05) is 4.70 Å². The zero-order chi connectivity index (χ0) is 14.8. The van der Waals surface area contributed by atoms with Gasteiger partial charge in [-0.15, -0.1) is 11.3 Å². The van der Waals surface area contributed by atoms with Crippen LogP contribution in [0.15, 0.2) is 47.8 Å². The van der Waals surface area contributed by atoms with Gasteiger partial charge in [-0.2, -0.15) is 0 Å². The van der Waals surface area contributed by atoms with Crippen LogP contribution < -0.4 is 11.3 Å². The topological polar surface area (TPSA) is 38.0 Å². The molecule has 1 atom stereocenters. The van der Waals surface area contributed by atoms with Crippen LogP contribution in [0.25, 0.3) is 10.1 Å². The van der Waals surface area contributed by atoms with E-state index in [1.165, 1.54) is 6.07 Å². The molecule has 0 radical (unpaired) electrons. The van der Waals surface area contributed by atoms with Crippen LogP contribution in [0.3, 0.4) is 0 Å². The van der Waals surface area contributed by atoms with E-state index in [2.05, 4.69) is 5.43 Å². The van der Waals surface area contributed by atoms with Gasteiger partial charge in [0.15, 0.2) is 11.6 Å². The van der Waals surface area contributed by atoms with Crippen molar-refractivity contribution >= 4 is 21.4 Å². The van der Waals surface area contributed by atoms with Crippen LogP contribution in [-0.2, 0) is 6.42 Å². The lowest BCUT2D eigenvalue weighted by molar-refractivity contribution is 0.482. The fourth-order valence-corrected chi connectivity index (χ4v) is 3.47. The first-order chi connectivity index (χ1) is 10.2. The van der Waals surface area contributed by atoms with Crippen molar-refractivity contribution in [2.24, 2.45) is 5.84 Å². The summed E-state index contributed by atoms with van der Waals surface area (Å²) in [5.74, 6) is 3.99. The number of rotatable bonds is 4. The van der Waals surface area contributed by atoms with Crippen molar-refractivity contribution in [1.29, 1.82) is 0 Å². The number of benzene rings is 2. The predicted molar refractivity (Wildman–Crippen MR) is 82.0 cm³/mol. The summed E-state index contributed by atoms with van der Waals surface area (Å²) in [5.41, 5.74) is 4.02. The van der Waals surface area contributed by atoms with E-state index >= 15 is 0 Å². The van der Waals surface area contributed by atoms with Gasteiger partial charge in [-0.25, -0.2) is 8.78 Å². The average Bonchev–Trinajstić information content (AvgIpc) is 2.93. The van der Waals surface area contributed by atoms with E-state index < -0.39 is 11.6 Å². The minimum absolute atomic E-state index is 0.266. The molecule has 21 heavy (non-hydrogen) atoms. The first kappa shape index (κ1) is 14.1. The number of nitrogens with one attached hydrogen (secondary N) is 1. The number of hydrogen-bond donors (Lipinski definition) is 2. The van der Waals surface area contributed by atoms with E-state index in [-0.39, 0.29) is 6.04 Å². The summed E-state index contributed by atoms with van der Waals surface area (Å²) in [6.07, 6.45) is 0.292. The quantitative estimate of drug-likeness (QED) is 0.566. The third-order valence-corrected chi connectivity index (χ3v) is 4.52. The molecule has 0 aliphatic rings. The van der Waals surface area contributed by atoms with Gasteiger partial charge < -0.3 is 0 Å². The lowest BCUT2D eigenvalue weighted by Crippen LogP contribution is -2.29. The third-order valence-electron chi connectivity index (χ3n) is 3.54. The summed E-state index contributed by atoms with van der Waals surface area (Å²) in [4.78, 5) is 0. The van der Waals surface area contributed by atoms with E-state index in [0.717, 1.165) is 21.7 Å². The van der Waals surface area contributed by atoms with Crippen LogP contribution in [0.2, 0.25) is 0 Å².